The molecule has 0 aliphatic heterocycles. The number of nitrogens with one attached hydrogen (secondary N) is 2. The SMILES string of the molecule is C/C(=N\NC(=O)c1ccc(C(=O)NC(C)C)s1)c1csc(-c2ccc(Cl)cc2)c1O. The Morgan fingerprint density at radius 1 is 1.07 bits per heavy atom. The Morgan fingerprint density at radius 2 is 1.70 bits per heavy atom. The summed E-state index contributed by atoms with van der Waals surface area (Å²) in [6.07, 6.45) is 0. The van der Waals surface area contributed by atoms with E-state index in [1.807, 2.05) is 26.0 Å². The van der Waals surface area contributed by atoms with E-state index in [0.717, 1.165) is 16.9 Å². The van der Waals surface area contributed by atoms with Crippen LogP contribution in [0.5, 0.6) is 5.75 Å². The van der Waals surface area contributed by atoms with E-state index in [4.69, 9.17) is 11.6 Å². The van der Waals surface area contributed by atoms with Crippen LogP contribution in [0.4, 0.5) is 0 Å². The molecule has 0 aliphatic carbocycles. The van der Waals surface area contributed by atoms with Crippen LogP contribution in [0.1, 0.15) is 45.7 Å². The van der Waals surface area contributed by atoms with Gasteiger partial charge >= 0.3 is 0 Å². The molecule has 3 N–H and O–H groups in total. The first-order valence-corrected chi connectivity index (χ1v) is 11.2. The summed E-state index contributed by atoms with van der Waals surface area (Å²) >= 11 is 8.39. The van der Waals surface area contributed by atoms with Gasteiger partial charge in [-0.05, 0) is 50.6 Å². The molecule has 2 amide bonds. The average molecular weight is 462 g/mol. The van der Waals surface area contributed by atoms with Crippen LogP contribution in [0.2, 0.25) is 5.02 Å². The smallest absolute Gasteiger partial charge is 0.281 e. The molecule has 0 fully saturated rings. The fraction of sp³-hybridized carbons (Fsp3) is 0.190. The standard InChI is InChI=1S/C21H20ClN3O3S2/c1-11(2)23-20(27)16-8-9-17(30-16)21(28)25-24-12(3)15-10-29-19(18(15)26)13-4-6-14(22)7-5-13/h4-11,26H,1-3H3,(H,23,27)(H,25,28)/b24-12+. The fourth-order valence-electron chi connectivity index (χ4n) is 2.58. The lowest BCUT2D eigenvalue weighted by Crippen LogP contribution is -2.29. The number of carbonyl (C=O) groups is 2. The molecule has 6 nitrogen and oxygen atoms in total. The lowest BCUT2D eigenvalue weighted by molar-refractivity contribution is 0.0944. The molecule has 30 heavy (non-hydrogen) atoms. The van der Waals surface area contributed by atoms with Crippen LogP contribution in [0.15, 0.2) is 46.9 Å². The summed E-state index contributed by atoms with van der Waals surface area (Å²) in [6.45, 7) is 5.44. The Kier molecular flexibility index (Phi) is 6.91. The van der Waals surface area contributed by atoms with Crippen LogP contribution in [0.25, 0.3) is 10.4 Å². The monoisotopic (exact) mass is 461 g/mol. The Morgan fingerprint density at radius 3 is 2.33 bits per heavy atom. The predicted molar refractivity (Wildman–Crippen MR) is 123 cm³/mol. The van der Waals surface area contributed by atoms with Gasteiger partial charge in [0, 0.05) is 16.4 Å². The number of carbonyl (C=O) groups excluding carboxylic acids is 2. The minimum absolute atomic E-state index is 0.0141. The van der Waals surface area contributed by atoms with E-state index in [-0.39, 0.29) is 17.7 Å². The number of aromatic hydroxyl groups is 1. The van der Waals surface area contributed by atoms with E-state index < -0.39 is 5.91 Å². The molecular formula is C21H20ClN3O3S2. The topological polar surface area (TPSA) is 90.8 Å². The summed E-state index contributed by atoms with van der Waals surface area (Å²) in [5.41, 5.74) is 4.32. The van der Waals surface area contributed by atoms with Gasteiger partial charge < -0.3 is 10.4 Å². The molecule has 3 rings (SSSR count). The summed E-state index contributed by atoms with van der Waals surface area (Å²) in [5.74, 6) is -0.538. The van der Waals surface area contributed by atoms with Crippen LogP contribution in [-0.4, -0.2) is 28.7 Å². The third-order valence-electron chi connectivity index (χ3n) is 4.06. The zero-order valence-corrected chi connectivity index (χ0v) is 18.9. The summed E-state index contributed by atoms with van der Waals surface area (Å²) in [4.78, 5) is 25.9. The quantitative estimate of drug-likeness (QED) is 0.351. The number of hydrogen-bond acceptors (Lipinski definition) is 6. The van der Waals surface area contributed by atoms with E-state index in [2.05, 4.69) is 15.8 Å². The first kappa shape index (κ1) is 22.0. The van der Waals surface area contributed by atoms with Crippen molar-refractivity contribution >= 4 is 51.8 Å². The van der Waals surface area contributed by atoms with E-state index in [0.29, 0.717) is 30.9 Å². The molecule has 0 unspecified atom stereocenters. The first-order valence-electron chi connectivity index (χ1n) is 9.08. The van der Waals surface area contributed by atoms with E-state index in [1.54, 1.807) is 36.6 Å². The molecule has 3 aromatic rings. The second-order valence-corrected chi connectivity index (χ2v) is 9.16. The Labute approximate surface area is 187 Å². The van der Waals surface area contributed by atoms with Gasteiger partial charge in [0.1, 0.15) is 5.75 Å². The maximum atomic E-state index is 12.4. The van der Waals surface area contributed by atoms with E-state index >= 15 is 0 Å². The van der Waals surface area contributed by atoms with Gasteiger partial charge in [-0.1, -0.05) is 23.7 Å². The van der Waals surface area contributed by atoms with E-state index in [1.165, 1.54) is 11.3 Å². The highest BCUT2D eigenvalue weighted by atomic mass is 35.5. The lowest BCUT2D eigenvalue weighted by atomic mass is 10.1. The van der Waals surface area contributed by atoms with Gasteiger partial charge in [0.2, 0.25) is 0 Å². The molecule has 9 heteroatoms. The number of hydrazone groups is 1. The second kappa shape index (κ2) is 9.42. The molecule has 0 atom stereocenters. The van der Waals surface area contributed by atoms with Gasteiger partial charge in [0.05, 0.1) is 25.9 Å². The van der Waals surface area contributed by atoms with E-state index in [9.17, 15) is 14.7 Å². The Bertz CT molecular complexity index is 1100. The summed E-state index contributed by atoms with van der Waals surface area (Å²) < 4.78 is 0. The van der Waals surface area contributed by atoms with Gasteiger partial charge in [0.25, 0.3) is 11.8 Å². The molecule has 1 aromatic carbocycles. The first-order chi connectivity index (χ1) is 14.3. The number of benzene rings is 1. The molecular weight excluding hydrogens is 442 g/mol. The number of rotatable bonds is 6. The minimum atomic E-state index is -0.421. The molecule has 0 radical (unpaired) electrons. The number of hydrogen-bond donors (Lipinski definition) is 3. The van der Waals surface area contributed by atoms with Crippen LogP contribution in [-0.2, 0) is 0 Å². The van der Waals surface area contributed by atoms with Crippen molar-refractivity contribution in [1.29, 1.82) is 0 Å². The molecule has 156 valence electrons. The summed E-state index contributed by atoms with van der Waals surface area (Å²) in [6, 6.07) is 10.4. The van der Waals surface area contributed by atoms with Crippen molar-refractivity contribution in [2.75, 3.05) is 0 Å². The van der Waals surface area contributed by atoms with Gasteiger partial charge in [-0.3, -0.25) is 9.59 Å². The van der Waals surface area contributed by atoms with Gasteiger partial charge in [0.15, 0.2) is 0 Å². The zero-order chi connectivity index (χ0) is 21.8. The van der Waals surface area contributed by atoms with Crippen molar-refractivity contribution in [1.82, 2.24) is 10.7 Å². The summed E-state index contributed by atoms with van der Waals surface area (Å²) in [7, 11) is 0. The predicted octanol–water partition coefficient (Wildman–Crippen LogP) is 5.13. The largest absolute Gasteiger partial charge is 0.506 e. The number of nitrogens with zero attached hydrogens (tertiary/aromatic N) is 1. The Balaban J connectivity index is 1.71. The van der Waals surface area contributed by atoms with Crippen LogP contribution >= 0.6 is 34.3 Å². The second-order valence-electron chi connectivity index (χ2n) is 6.76. The van der Waals surface area contributed by atoms with Crippen molar-refractivity contribution in [3.8, 4) is 16.2 Å². The van der Waals surface area contributed by atoms with Crippen LogP contribution in [0.3, 0.4) is 0 Å². The van der Waals surface area contributed by atoms with Gasteiger partial charge in [-0.25, -0.2) is 5.43 Å². The Hall–Kier alpha value is -2.68. The molecule has 0 saturated carbocycles. The highest BCUT2D eigenvalue weighted by Crippen LogP contribution is 2.39. The highest BCUT2D eigenvalue weighted by Gasteiger charge is 2.17. The lowest BCUT2D eigenvalue weighted by Gasteiger charge is -2.05. The zero-order valence-electron chi connectivity index (χ0n) is 16.5. The molecule has 0 spiro atoms. The molecule has 2 aromatic heterocycles. The third-order valence-corrected chi connectivity index (χ3v) is 6.41. The number of amides is 2. The average Bonchev–Trinajstić information content (AvgIpc) is 3.33. The fourth-order valence-corrected chi connectivity index (χ4v) is 4.52. The minimum Gasteiger partial charge on any atom is -0.506 e. The maximum absolute atomic E-state index is 12.4. The highest BCUT2D eigenvalue weighted by molar-refractivity contribution is 7.16. The maximum Gasteiger partial charge on any atom is 0.281 e. The van der Waals surface area contributed by atoms with Crippen molar-refractivity contribution in [3.05, 3.63) is 62.1 Å². The number of halogens is 1. The van der Waals surface area contributed by atoms with Crippen molar-refractivity contribution < 1.29 is 14.7 Å². The molecule has 0 bridgehead atoms. The van der Waals surface area contributed by atoms with Crippen LogP contribution < -0.4 is 10.7 Å². The van der Waals surface area contributed by atoms with Crippen molar-refractivity contribution in [2.45, 2.75) is 26.8 Å². The van der Waals surface area contributed by atoms with Crippen molar-refractivity contribution in [3.63, 3.8) is 0 Å². The number of thiophene rings is 2. The van der Waals surface area contributed by atoms with Crippen LogP contribution in [0, 0.1) is 0 Å². The molecule has 0 saturated heterocycles. The van der Waals surface area contributed by atoms with Crippen molar-refractivity contribution in [2.24, 2.45) is 5.10 Å². The van der Waals surface area contributed by atoms with Gasteiger partial charge in [-0.15, -0.1) is 22.7 Å². The molecule has 0 aliphatic rings. The normalized spacial score (nSPS) is 11.6. The summed E-state index contributed by atoms with van der Waals surface area (Å²) in [5, 5.41) is 19.9. The third kappa shape index (κ3) is 5.08. The van der Waals surface area contributed by atoms with Gasteiger partial charge in [-0.2, -0.15) is 5.10 Å². The molecule has 2 heterocycles.